The van der Waals surface area contributed by atoms with E-state index < -0.39 is 0 Å². The Labute approximate surface area is 118 Å². The fraction of sp³-hybridized carbons (Fsp3) is 0.538. The van der Waals surface area contributed by atoms with Gasteiger partial charge in [-0.25, -0.2) is 4.98 Å². The van der Waals surface area contributed by atoms with Crippen molar-refractivity contribution >= 4 is 11.9 Å². The first kappa shape index (κ1) is 12.8. The van der Waals surface area contributed by atoms with E-state index in [4.69, 9.17) is 0 Å². The van der Waals surface area contributed by atoms with E-state index in [2.05, 4.69) is 30.2 Å². The molecule has 1 aliphatic carbocycles. The summed E-state index contributed by atoms with van der Waals surface area (Å²) in [6.45, 7) is 3.80. The molecular formula is C13H19N7. The quantitative estimate of drug-likeness (QED) is 0.856. The van der Waals surface area contributed by atoms with Crippen LogP contribution in [0.25, 0.3) is 5.95 Å². The molecule has 7 nitrogen and oxygen atoms in total. The number of imidazole rings is 1. The predicted molar refractivity (Wildman–Crippen MR) is 77.1 cm³/mol. The van der Waals surface area contributed by atoms with E-state index in [0.717, 1.165) is 19.0 Å². The average Bonchev–Trinajstić information content (AvgIpc) is 3.08. The van der Waals surface area contributed by atoms with Gasteiger partial charge in [0.15, 0.2) is 0 Å². The second-order valence-electron chi connectivity index (χ2n) is 5.08. The van der Waals surface area contributed by atoms with Crippen molar-refractivity contribution in [3.63, 3.8) is 0 Å². The summed E-state index contributed by atoms with van der Waals surface area (Å²) in [5, 5.41) is 3.15. The molecule has 2 heterocycles. The van der Waals surface area contributed by atoms with Gasteiger partial charge in [-0.2, -0.15) is 15.0 Å². The Morgan fingerprint density at radius 1 is 1.35 bits per heavy atom. The maximum atomic E-state index is 4.53. The third kappa shape index (κ3) is 2.87. The summed E-state index contributed by atoms with van der Waals surface area (Å²) in [6, 6.07) is 0. The topological polar surface area (TPSA) is 71.8 Å². The zero-order chi connectivity index (χ0) is 13.9. The second-order valence-corrected chi connectivity index (χ2v) is 5.08. The monoisotopic (exact) mass is 273 g/mol. The molecule has 0 unspecified atom stereocenters. The first-order valence-electron chi connectivity index (χ1n) is 6.95. The first-order chi connectivity index (χ1) is 9.76. The predicted octanol–water partition coefficient (Wildman–Crippen LogP) is 1.34. The third-order valence-corrected chi connectivity index (χ3v) is 3.25. The molecule has 1 aliphatic rings. The van der Waals surface area contributed by atoms with Crippen LogP contribution in [0.5, 0.6) is 0 Å². The standard InChI is InChI=1S/C13H19N7/c1-3-15-11-16-12(19(2)8-10-4-5-10)18-13(17-11)20-7-6-14-9-20/h6-7,9-10H,3-5,8H2,1-2H3,(H,15,16,17,18). The van der Waals surface area contributed by atoms with Crippen LogP contribution in [0.1, 0.15) is 19.8 Å². The molecule has 3 rings (SSSR count). The van der Waals surface area contributed by atoms with E-state index in [-0.39, 0.29) is 0 Å². The highest BCUT2D eigenvalue weighted by molar-refractivity contribution is 5.39. The normalized spacial score (nSPS) is 14.3. The summed E-state index contributed by atoms with van der Waals surface area (Å²) in [7, 11) is 2.03. The molecule has 0 atom stereocenters. The van der Waals surface area contributed by atoms with Crippen LogP contribution in [0.2, 0.25) is 0 Å². The van der Waals surface area contributed by atoms with Gasteiger partial charge in [0.2, 0.25) is 17.8 Å². The lowest BCUT2D eigenvalue weighted by Crippen LogP contribution is -2.24. The zero-order valence-electron chi connectivity index (χ0n) is 11.8. The molecule has 0 radical (unpaired) electrons. The van der Waals surface area contributed by atoms with Crippen molar-refractivity contribution in [3.8, 4) is 5.95 Å². The summed E-state index contributed by atoms with van der Waals surface area (Å²) in [5.41, 5.74) is 0. The third-order valence-electron chi connectivity index (χ3n) is 3.25. The number of rotatable bonds is 6. The van der Waals surface area contributed by atoms with Crippen LogP contribution < -0.4 is 10.2 Å². The Kier molecular flexibility index (Phi) is 3.49. The largest absolute Gasteiger partial charge is 0.354 e. The van der Waals surface area contributed by atoms with Crippen LogP contribution in [0.15, 0.2) is 18.7 Å². The molecule has 106 valence electrons. The molecule has 0 aromatic carbocycles. The van der Waals surface area contributed by atoms with Gasteiger partial charge in [0.1, 0.15) is 6.33 Å². The van der Waals surface area contributed by atoms with Crippen LogP contribution in [-0.4, -0.2) is 44.6 Å². The summed E-state index contributed by atoms with van der Waals surface area (Å²) >= 11 is 0. The minimum atomic E-state index is 0.589. The molecule has 0 saturated heterocycles. The highest BCUT2D eigenvalue weighted by atomic mass is 15.3. The van der Waals surface area contributed by atoms with Crippen molar-refractivity contribution in [1.82, 2.24) is 24.5 Å². The van der Waals surface area contributed by atoms with Gasteiger partial charge in [-0.05, 0) is 25.7 Å². The van der Waals surface area contributed by atoms with Gasteiger partial charge in [0.25, 0.3) is 0 Å². The molecule has 0 spiro atoms. The second kappa shape index (κ2) is 5.44. The van der Waals surface area contributed by atoms with Crippen LogP contribution in [0.3, 0.4) is 0 Å². The molecule has 0 amide bonds. The fourth-order valence-corrected chi connectivity index (χ4v) is 2.02. The van der Waals surface area contributed by atoms with E-state index in [9.17, 15) is 0 Å². The van der Waals surface area contributed by atoms with Crippen molar-refractivity contribution in [1.29, 1.82) is 0 Å². The van der Waals surface area contributed by atoms with Crippen molar-refractivity contribution in [3.05, 3.63) is 18.7 Å². The van der Waals surface area contributed by atoms with Crippen LogP contribution in [0, 0.1) is 5.92 Å². The van der Waals surface area contributed by atoms with Gasteiger partial charge in [-0.1, -0.05) is 0 Å². The molecule has 0 bridgehead atoms. The van der Waals surface area contributed by atoms with Crippen molar-refractivity contribution in [2.24, 2.45) is 5.92 Å². The van der Waals surface area contributed by atoms with Gasteiger partial charge in [-0.3, -0.25) is 4.57 Å². The Hall–Kier alpha value is -2.18. The number of hydrogen-bond acceptors (Lipinski definition) is 6. The molecule has 7 heteroatoms. The molecule has 2 aromatic heterocycles. The van der Waals surface area contributed by atoms with Gasteiger partial charge in [0.05, 0.1) is 0 Å². The molecule has 1 N–H and O–H groups in total. The van der Waals surface area contributed by atoms with Crippen molar-refractivity contribution in [2.75, 3.05) is 30.4 Å². The summed E-state index contributed by atoms with van der Waals surface area (Å²) < 4.78 is 1.79. The average molecular weight is 273 g/mol. The lowest BCUT2D eigenvalue weighted by atomic mass is 10.4. The van der Waals surface area contributed by atoms with Crippen LogP contribution in [-0.2, 0) is 0 Å². The highest BCUT2D eigenvalue weighted by Crippen LogP contribution is 2.30. The van der Waals surface area contributed by atoms with Crippen LogP contribution >= 0.6 is 0 Å². The molecule has 1 fully saturated rings. The summed E-state index contributed by atoms with van der Waals surface area (Å²) in [4.78, 5) is 19.5. The molecule has 2 aromatic rings. The Morgan fingerprint density at radius 2 is 2.20 bits per heavy atom. The molecule has 1 saturated carbocycles. The van der Waals surface area contributed by atoms with E-state index in [1.165, 1.54) is 12.8 Å². The van der Waals surface area contributed by atoms with Crippen LogP contribution in [0.4, 0.5) is 11.9 Å². The van der Waals surface area contributed by atoms with Crippen molar-refractivity contribution in [2.45, 2.75) is 19.8 Å². The smallest absolute Gasteiger partial charge is 0.241 e. The highest BCUT2D eigenvalue weighted by Gasteiger charge is 2.24. The minimum absolute atomic E-state index is 0.589. The van der Waals surface area contributed by atoms with E-state index in [1.54, 1.807) is 17.1 Å². The fourth-order valence-electron chi connectivity index (χ4n) is 2.02. The van der Waals surface area contributed by atoms with E-state index >= 15 is 0 Å². The van der Waals surface area contributed by atoms with Gasteiger partial charge < -0.3 is 10.2 Å². The SMILES string of the molecule is CCNc1nc(N(C)CC2CC2)nc(-n2ccnc2)n1. The molecule has 20 heavy (non-hydrogen) atoms. The maximum Gasteiger partial charge on any atom is 0.241 e. The van der Waals surface area contributed by atoms with Gasteiger partial charge >= 0.3 is 0 Å². The maximum absolute atomic E-state index is 4.53. The van der Waals surface area contributed by atoms with Gasteiger partial charge in [0, 0.05) is 32.5 Å². The Balaban J connectivity index is 1.91. The van der Waals surface area contributed by atoms with E-state index in [1.807, 2.05) is 20.2 Å². The first-order valence-corrected chi connectivity index (χ1v) is 6.95. The molecular weight excluding hydrogens is 254 g/mol. The number of hydrogen-bond donors (Lipinski definition) is 1. The zero-order valence-corrected chi connectivity index (χ0v) is 11.8. The number of anilines is 2. The van der Waals surface area contributed by atoms with Gasteiger partial charge in [-0.15, -0.1) is 0 Å². The Bertz CT molecular complexity index is 562. The number of nitrogens with one attached hydrogen (secondary N) is 1. The molecule has 0 aliphatic heterocycles. The Morgan fingerprint density at radius 3 is 2.85 bits per heavy atom. The number of aromatic nitrogens is 5. The summed E-state index contributed by atoms with van der Waals surface area (Å²) in [6.07, 6.45) is 7.85. The minimum Gasteiger partial charge on any atom is -0.354 e. The summed E-state index contributed by atoms with van der Waals surface area (Å²) in [5.74, 6) is 2.68. The van der Waals surface area contributed by atoms with Crippen molar-refractivity contribution < 1.29 is 0 Å². The number of nitrogens with zero attached hydrogens (tertiary/aromatic N) is 6. The lowest BCUT2D eigenvalue weighted by Gasteiger charge is -2.18. The lowest BCUT2D eigenvalue weighted by molar-refractivity contribution is 0.753. The van der Waals surface area contributed by atoms with E-state index in [0.29, 0.717) is 17.8 Å².